The number of pyridine rings is 2. The molecule has 0 aliphatic carbocycles. The van der Waals surface area contributed by atoms with Gasteiger partial charge in [0.05, 0.1) is 11.2 Å². The third-order valence-corrected chi connectivity index (χ3v) is 5.53. The largest absolute Gasteiger partial charge is 0.369 e. The highest BCUT2D eigenvalue weighted by Crippen LogP contribution is 2.28. The van der Waals surface area contributed by atoms with Crippen molar-refractivity contribution in [2.45, 2.75) is 19.3 Å². The fraction of sp³-hybridized carbons (Fsp3) is 0.273. The topological polar surface area (TPSA) is 77.0 Å². The smallest absolute Gasteiger partial charge is 0.263 e. The summed E-state index contributed by atoms with van der Waals surface area (Å²) in [5.41, 5.74) is 1.79. The van der Waals surface area contributed by atoms with Crippen LogP contribution in [0.25, 0.3) is 33.7 Å². The van der Waals surface area contributed by atoms with Gasteiger partial charge in [-0.1, -0.05) is 5.16 Å². The average molecular weight is 405 g/mol. The molecule has 0 amide bonds. The standard InChI is InChI=1S/C22H20FN5O2/c1-27-13-16(22-25-21(26-30-22)14-6-5-7-24-12-14)20(29)15-10-17(23)19(11-18(15)27)28-8-3-2-4-9-28/h5-7,10-13H,2-4,8-9H2,1H3. The molecule has 1 aliphatic heterocycles. The quantitative estimate of drug-likeness (QED) is 0.516. The lowest BCUT2D eigenvalue weighted by molar-refractivity contribution is 0.432. The van der Waals surface area contributed by atoms with Crippen LogP contribution in [0, 0.1) is 5.82 Å². The number of aryl methyl sites for hydroxylation is 1. The first-order chi connectivity index (χ1) is 14.6. The molecular weight excluding hydrogens is 385 g/mol. The Hall–Kier alpha value is -3.55. The molecule has 0 atom stereocenters. The molecule has 152 valence electrons. The minimum atomic E-state index is -0.389. The Balaban J connectivity index is 1.60. The minimum absolute atomic E-state index is 0.0943. The number of rotatable bonds is 3. The zero-order valence-electron chi connectivity index (χ0n) is 16.5. The molecule has 0 spiro atoms. The first kappa shape index (κ1) is 18.5. The Bertz CT molecular complexity index is 1280. The van der Waals surface area contributed by atoms with Crippen molar-refractivity contribution in [3.05, 3.63) is 58.9 Å². The van der Waals surface area contributed by atoms with Crippen LogP contribution in [0.4, 0.5) is 10.1 Å². The maximum atomic E-state index is 14.9. The van der Waals surface area contributed by atoms with E-state index in [1.54, 1.807) is 41.4 Å². The summed E-state index contributed by atoms with van der Waals surface area (Å²) >= 11 is 0. The first-order valence-electron chi connectivity index (χ1n) is 9.94. The van der Waals surface area contributed by atoms with E-state index in [-0.39, 0.29) is 28.1 Å². The molecule has 1 saturated heterocycles. The van der Waals surface area contributed by atoms with E-state index in [9.17, 15) is 9.18 Å². The number of fused-ring (bicyclic) bond motifs is 1. The van der Waals surface area contributed by atoms with Crippen LogP contribution in [0.5, 0.6) is 0 Å². The molecule has 0 radical (unpaired) electrons. The predicted molar refractivity (Wildman–Crippen MR) is 112 cm³/mol. The summed E-state index contributed by atoms with van der Waals surface area (Å²) in [6.45, 7) is 1.65. The Kier molecular flexibility index (Phi) is 4.54. The molecule has 0 N–H and O–H groups in total. The second-order valence-electron chi connectivity index (χ2n) is 7.52. The summed E-state index contributed by atoms with van der Waals surface area (Å²) in [5.74, 6) is 0.0453. The molecule has 4 heterocycles. The highest BCUT2D eigenvalue weighted by Gasteiger charge is 2.20. The summed E-state index contributed by atoms with van der Waals surface area (Å²) in [5, 5.41) is 4.24. The van der Waals surface area contributed by atoms with Crippen molar-refractivity contribution in [1.29, 1.82) is 0 Å². The molecule has 5 rings (SSSR count). The van der Waals surface area contributed by atoms with Gasteiger partial charge in [0.15, 0.2) is 0 Å². The minimum Gasteiger partial charge on any atom is -0.369 e. The van der Waals surface area contributed by atoms with E-state index in [4.69, 9.17) is 4.52 Å². The molecule has 1 aliphatic rings. The van der Waals surface area contributed by atoms with E-state index in [1.807, 2.05) is 7.05 Å². The lowest BCUT2D eigenvalue weighted by Gasteiger charge is -2.29. The highest BCUT2D eigenvalue weighted by atomic mass is 19.1. The molecule has 0 bridgehead atoms. The van der Waals surface area contributed by atoms with Crippen molar-refractivity contribution < 1.29 is 8.91 Å². The monoisotopic (exact) mass is 405 g/mol. The fourth-order valence-electron chi connectivity index (χ4n) is 3.97. The molecule has 30 heavy (non-hydrogen) atoms. The number of aromatic nitrogens is 4. The van der Waals surface area contributed by atoms with Gasteiger partial charge in [0.25, 0.3) is 5.89 Å². The first-order valence-corrected chi connectivity index (χ1v) is 9.94. The third kappa shape index (κ3) is 3.14. The Morgan fingerprint density at radius 3 is 2.77 bits per heavy atom. The molecule has 8 heteroatoms. The van der Waals surface area contributed by atoms with Crippen molar-refractivity contribution in [2.24, 2.45) is 7.05 Å². The van der Waals surface area contributed by atoms with Crippen LogP contribution in [0.1, 0.15) is 19.3 Å². The second kappa shape index (κ2) is 7.37. The van der Waals surface area contributed by atoms with Gasteiger partial charge in [0.2, 0.25) is 11.3 Å². The van der Waals surface area contributed by atoms with Crippen molar-refractivity contribution in [2.75, 3.05) is 18.0 Å². The maximum absolute atomic E-state index is 14.9. The number of hydrogen-bond acceptors (Lipinski definition) is 6. The van der Waals surface area contributed by atoms with Gasteiger partial charge in [0.1, 0.15) is 11.4 Å². The molecular formula is C22H20FN5O2. The number of anilines is 1. The molecule has 4 aromatic rings. The van der Waals surface area contributed by atoms with Gasteiger partial charge in [0, 0.05) is 49.7 Å². The van der Waals surface area contributed by atoms with Crippen molar-refractivity contribution in [3.8, 4) is 22.8 Å². The maximum Gasteiger partial charge on any atom is 0.263 e. The van der Waals surface area contributed by atoms with Crippen LogP contribution in [-0.4, -0.2) is 32.8 Å². The molecule has 0 saturated carbocycles. The summed E-state index contributed by atoms with van der Waals surface area (Å²) in [6.07, 6.45) is 8.18. The summed E-state index contributed by atoms with van der Waals surface area (Å²) in [7, 11) is 1.82. The van der Waals surface area contributed by atoms with E-state index in [2.05, 4.69) is 20.0 Å². The van der Waals surface area contributed by atoms with Gasteiger partial charge < -0.3 is 14.0 Å². The lowest BCUT2D eigenvalue weighted by atomic mass is 10.1. The number of piperidine rings is 1. The summed E-state index contributed by atoms with van der Waals surface area (Å²) in [4.78, 5) is 23.6. The summed E-state index contributed by atoms with van der Waals surface area (Å²) < 4.78 is 22.1. The summed E-state index contributed by atoms with van der Waals surface area (Å²) in [6, 6.07) is 6.65. The van der Waals surface area contributed by atoms with Crippen molar-refractivity contribution >= 4 is 16.6 Å². The number of benzene rings is 1. The Morgan fingerprint density at radius 1 is 1.17 bits per heavy atom. The van der Waals surface area contributed by atoms with Crippen LogP contribution in [-0.2, 0) is 7.05 Å². The zero-order chi connectivity index (χ0) is 20.7. The van der Waals surface area contributed by atoms with E-state index >= 15 is 0 Å². The Morgan fingerprint density at radius 2 is 2.00 bits per heavy atom. The molecule has 0 unspecified atom stereocenters. The van der Waals surface area contributed by atoms with Crippen LogP contribution in [0.2, 0.25) is 0 Å². The van der Waals surface area contributed by atoms with E-state index < -0.39 is 0 Å². The molecule has 3 aromatic heterocycles. The van der Waals surface area contributed by atoms with E-state index in [0.29, 0.717) is 22.6 Å². The van der Waals surface area contributed by atoms with Crippen LogP contribution >= 0.6 is 0 Å². The van der Waals surface area contributed by atoms with Gasteiger partial charge >= 0.3 is 0 Å². The van der Waals surface area contributed by atoms with E-state index in [0.717, 1.165) is 25.9 Å². The molecule has 1 fully saturated rings. The highest BCUT2D eigenvalue weighted by molar-refractivity contribution is 5.86. The van der Waals surface area contributed by atoms with Crippen molar-refractivity contribution in [1.82, 2.24) is 19.7 Å². The van der Waals surface area contributed by atoms with Crippen LogP contribution in [0.15, 0.2) is 52.2 Å². The third-order valence-electron chi connectivity index (χ3n) is 5.53. The van der Waals surface area contributed by atoms with Gasteiger partial charge in [-0.25, -0.2) is 4.39 Å². The molecule has 7 nitrogen and oxygen atoms in total. The SMILES string of the molecule is Cn1cc(-c2nc(-c3cccnc3)no2)c(=O)c2cc(F)c(N3CCCCC3)cc21. The normalized spacial score (nSPS) is 14.4. The number of hydrogen-bond donors (Lipinski definition) is 0. The Labute approximate surface area is 171 Å². The van der Waals surface area contributed by atoms with E-state index in [1.165, 1.54) is 12.5 Å². The van der Waals surface area contributed by atoms with Gasteiger partial charge in [-0.05, 0) is 43.5 Å². The van der Waals surface area contributed by atoms with Crippen LogP contribution < -0.4 is 10.3 Å². The number of nitrogens with zero attached hydrogens (tertiary/aromatic N) is 5. The van der Waals surface area contributed by atoms with Crippen molar-refractivity contribution in [3.63, 3.8) is 0 Å². The zero-order valence-corrected chi connectivity index (χ0v) is 16.5. The van der Waals surface area contributed by atoms with Gasteiger partial charge in [-0.3, -0.25) is 9.78 Å². The predicted octanol–water partition coefficient (Wildman–Crippen LogP) is 3.78. The van der Waals surface area contributed by atoms with Gasteiger partial charge in [-0.15, -0.1) is 0 Å². The molecule has 1 aromatic carbocycles. The van der Waals surface area contributed by atoms with Gasteiger partial charge in [-0.2, -0.15) is 4.98 Å². The second-order valence-corrected chi connectivity index (χ2v) is 7.52. The van der Waals surface area contributed by atoms with Crippen LogP contribution in [0.3, 0.4) is 0 Å². The fourth-order valence-corrected chi connectivity index (χ4v) is 3.97. The number of halogens is 1. The average Bonchev–Trinajstić information content (AvgIpc) is 3.27. The lowest BCUT2D eigenvalue weighted by Crippen LogP contribution is -2.30.